The molecule has 0 amide bonds. The Balaban J connectivity index is 1.89. The lowest BCUT2D eigenvalue weighted by Gasteiger charge is -2.31. The van der Waals surface area contributed by atoms with Crippen LogP contribution in [0.25, 0.3) is 0 Å². The minimum atomic E-state index is 0.397. The number of anilines is 1. The van der Waals surface area contributed by atoms with Gasteiger partial charge in [-0.05, 0) is 19.4 Å². The summed E-state index contributed by atoms with van der Waals surface area (Å²) in [5, 5.41) is 3.27. The molecule has 0 aromatic carbocycles. The van der Waals surface area contributed by atoms with Crippen molar-refractivity contribution in [1.82, 2.24) is 15.3 Å². The smallest absolute Gasteiger partial charge is 0.225 e. The number of nitrogens with zero attached hydrogens (tertiary/aromatic N) is 3. The number of hydrogen-bond acceptors (Lipinski definition) is 5. The van der Waals surface area contributed by atoms with Gasteiger partial charge in [0.2, 0.25) is 5.95 Å². The maximum absolute atomic E-state index is 5.36. The number of rotatable bonds is 5. The van der Waals surface area contributed by atoms with Crippen LogP contribution >= 0.6 is 0 Å². The van der Waals surface area contributed by atoms with Gasteiger partial charge in [-0.1, -0.05) is 6.92 Å². The largest absolute Gasteiger partial charge is 0.381 e. The Labute approximate surface area is 109 Å². The molecule has 1 N–H and O–H groups in total. The average molecular weight is 250 g/mol. The van der Waals surface area contributed by atoms with Gasteiger partial charge in [0.1, 0.15) is 0 Å². The first-order valence-corrected chi connectivity index (χ1v) is 6.63. The monoisotopic (exact) mass is 250 g/mol. The molecule has 2 heterocycles. The molecule has 100 valence electrons. The van der Waals surface area contributed by atoms with Gasteiger partial charge < -0.3 is 15.0 Å². The van der Waals surface area contributed by atoms with Crippen LogP contribution in [-0.4, -0.2) is 42.8 Å². The Morgan fingerprint density at radius 2 is 2.00 bits per heavy atom. The van der Waals surface area contributed by atoms with Gasteiger partial charge in [0.15, 0.2) is 0 Å². The quantitative estimate of drug-likeness (QED) is 0.851. The van der Waals surface area contributed by atoms with Gasteiger partial charge in [0.05, 0.1) is 6.10 Å². The maximum atomic E-state index is 5.36. The zero-order chi connectivity index (χ0) is 12.8. The van der Waals surface area contributed by atoms with Crippen molar-refractivity contribution in [2.45, 2.75) is 32.4 Å². The molecule has 0 bridgehead atoms. The molecule has 0 spiro atoms. The molecule has 0 radical (unpaired) electrons. The highest BCUT2D eigenvalue weighted by atomic mass is 16.5. The van der Waals surface area contributed by atoms with Crippen molar-refractivity contribution < 1.29 is 4.74 Å². The molecule has 0 aliphatic carbocycles. The third kappa shape index (κ3) is 3.40. The van der Waals surface area contributed by atoms with Crippen molar-refractivity contribution >= 4 is 5.95 Å². The van der Waals surface area contributed by atoms with Crippen molar-refractivity contribution in [2.24, 2.45) is 0 Å². The minimum absolute atomic E-state index is 0.397. The maximum Gasteiger partial charge on any atom is 0.225 e. The summed E-state index contributed by atoms with van der Waals surface area (Å²) in [6.07, 6.45) is 6.33. The molecular formula is C13H22N4O. The van der Waals surface area contributed by atoms with Gasteiger partial charge in [0, 0.05) is 44.7 Å². The highest BCUT2D eigenvalue weighted by Crippen LogP contribution is 2.17. The van der Waals surface area contributed by atoms with Crippen molar-refractivity contribution in [2.75, 3.05) is 31.6 Å². The van der Waals surface area contributed by atoms with E-state index in [1.165, 1.54) is 0 Å². The van der Waals surface area contributed by atoms with Gasteiger partial charge in [0.25, 0.3) is 0 Å². The van der Waals surface area contributed by atoms with E-state index in [1.54, 1.807) is 7.11 Å². The van der Waals surface area contributed by atoms with E-state index in [-0.39, 0.29) is 0 Å². The molecule has 5 heteroatoms. The van der Waals surface area contributed by atoms with E-state index in [0.717, 1.165) is 50.5 Å². The Bertz CT molecular complexity index is 347. The first-order valence-electron chi connectivity index (χ1n) is 6.63. The molecule has 18 heavy (non-hydrogen) atoms. The second-order valence-electron chi connectivity index (χ2n) is 4.59. The summed E-state index contributed by atoms with van der Waals surface area (Å²) in [5.74, 6) is 0.838. The van der Waals surface area contributed by atoms with Crippen LogP contribution in [0.2, 0.25) is 0 Å². The van der Waals surface area contributed by atoms with Crippen LogP contribution < -0.4 is 10.2 Å². The Morgan fingerprint density at radius 1 is 1.33 bits per heavy atom. The highest BCUT2D eigenvalue weighted by Gasteiger charge is 2.20. The third-order valence-electron chi connectivity index (χ3n) is 3.33. The lowest BCUT2D eigenvalue weighted by molar-refractivity contribution is 0.0816. The zero-order valence-corrected chi connectivity index (χ0v) is 11.2. The number of hydrogen-bond donors (Lipinski definition) is 1. The van der Waals surface area contributed by atoms with Crippen LogP contribution in [0.1, 0.15) is 25.3 Å². The van der Waals surface area contributed by atoms with E-state index >= 15 is 0 Å². The first kappa shape index (κ1) is 13.2. The van der Waals surface area contributed by atoms with Gasteiger partial charge in [-0.15, -0.1) is 0 Å². The summed E-state index contributed by atoms with van der Waals surface area (Å²) < 4.78 is 5.36. The summed E-state index contributed by atoms with van der Waals surface area (Å²) in [6.45, 7) is 5.85. The summed E-state index contributed by atoms with van der Waals surface area (Å²) in [4.78, 5) is 11.1. The summed E-state index contributed by atoms with van der Waals surface area (Å²) in [6, 6.07) is 0. The van der Waals surface area contributed by atoms with Crippen molar-refractivity contribution in [3.8, 4) is 0 Å². The summed E-state index contributed by atoms with van der Waals surface area (Å²) >= 11 is 0. The second kappa shape index (κ2) is 6.66. The van der Waals surface area contributed by atoms with E-state index in [4.69, 9.17) is 4.74 Å². The van der Waals surface area contributed by atoms with Crippen LogP contribution in [0.5, 0.6) is 0 Å². The van der Waals surface area contributed by atoms with Crippen molar-refractivity contribution in [1.29, 1.82) is 0 Å². The van der Waals surface area contributed by atoms with Crippen LogP contribution in [0.15, 0.2) is 12.4 Å². The predicted octanol–water partition coefficient (Wildman–Crippen LogP) is 1.20. The fourth-order valence-electron chi connectivity index (χ4n) is 2.16. The standard InChI is InChI=1S/C13H22N4O/c1-3-14-8-11-9-15-13(16-10-11)17-6-4-12(18-2)5-7-17/h9-10,12,14H,3-8H2,1-2H3. The van der Waals surface area contributed by atoms with E-state index in [2.05, 4.69) is 27.1 Å². The van der Waals surface area contributed by atoms with E-state index in [1.807, 2.05) is 12.4 Å². The fraction of sp³-hybridized carbons (Fsp3) is 0.692. The molecule has 2 rings (SSSR count). The predicted molar refractivity (Wildman–Crippen MR) is 71.7 cm³/mol. The molecule has 1 aromatic heterocycles. The summed E-state index contributed by atoms with van der Waals surface area (Å²) in [5.41, 5.74) is 1.13. The molecule has 1 saturated heterocycles. The van der Waals surface area contributed by atoms with Crippen LogP contribution in [0.4, 0.5) is 5.95 Å². The number of aromatic nitrogens is 2. The number of ether oxygens (including phenoxy) is 1. The van der Waals surface area contributed by atoms with Gasteiger partial charge in [-0.25, -0.2) is 9.97 Å². The molecule has 0 unspecified atom stereocenters. The number of methoxy groups -OCH3 is 1. The number of nitrogens with one attached hydrogen (secondary N) is 1. The van der Waals surface area contributed by atoms with Crippen LogP contribution in [0, 0.1) is 0 Å². The first-order chi connectivity index (χ1) is 8.83. The molecule has 5 nitrogen and oxygen atoms in total. The van der Waals surface area contributed by atoms with Crippen LogP contribution in [0.3, 0.4) is 0 Å². The summed E-state index contributed by atoms with van der Waals surface area (Å²) in [7, 11) is 1.78. The zero-order valence-electron chi connectivity index (χ0n) is 11.2. The Morgan fingerprint density at radius 3 is 2.56 bits per heavy atom. The molecule has 1 aliphatic heterocycles. The van der Waals surface area contributed by atoms with Gasteiger partial charge >= 0.3 is 0 Å². The molecule has 1 aromatic rings. The molecule has 1 aliphatic rings. The topological polar surface area (TPSA) is 50.3 Å². The molecular weight excluding hydrogens is 228 g/mol. The third-order valence-corrected chi connectivity index (χ3v) is 3.33. The van der Waals surface area contributed by atoms with Crippen molar-refractivity contribution in [3.05, 3.63) is 18.0 Å². The Hall–Kier alpha value is -1.20. The lowest BCUT2D eigenvalue weighted by atomic mass is 10.1. The lowest BCUT2D eigenvalue weighted by Crippen LogP contribution is -2.37. The molecule has 0 saturated carbocycles. The highest BCUT2D eigenvalue weighted by molar-refractivity contribution is 5.30. The Kier molecular flexibility index (Phi) is 4.90. The normalized spacial score (nSPS) is 17.1. The average Bonchev–Trinajstić information content (AvgIpc) is 2.46. The van der Waals surface area contributed by atoms with Crippen molar-refractivity contribution in [3.63, 3.8) is 0 Å². The minimum Gasteiger partial charge on any atom is -0.381 e. The molecule has 0 atom stereocenters. The van der Waals surface area contributed by atoms with E-state index in [9.17, 15) is 0 Å². The van der Waals surface area contributed by atoms with E-state index in [0.29, 0.717) is 6.10 Å². The van der Waals surface area contributed by atoms with Gasteiger partial charge in [-0.3, -0.25) is 0 Å². The van der Waals surface area contributed by atoms with Crippen LogP contribution in [-0.2, 0) is 11.3 Å². The number of piperidine rings is 1. The van der Waals surface area contributed by atoms with Gasteiger partial charge in [-0.2, -0.15) is 0 Å². The second-order valence-corrected chi connectivity index (χ2v) is 4.59. The van der Waals surface area contributed by atoms with E-state index < -0.39 is 0 Å². The molecule has 1 fully saturated rings. The SMILES string of the molecule is CCNCc1cnc(N2CCC(OC)CC2)nc1. The fourth-order valence-corrected chi connectivity index (χ4v) is 2.16.